The molecular weight excluding hydrogens is 693 g/mol. The zero-order valence-electron chi connectivity index (χ0n) is 30.9. The van der Waals surface area contributed by atoms with Crippen molar-refractivity contribution in [2.45, 2.75) is 70.5 Å². The highest BCUT2D eigenvalue weighted by Gasteiger charge is 2.50. The highest BCUT2D eigenvalue weighted by Crippen LogP contribution is 2.41. The lowest BCUT2D eigenvalue weighted by atomic mass is 9.90. The van der Waals surface area contributed by atoms with Crippen molar-refractivity contribution in [3.63, 3.8) is 0 Å². The van der Waals surface area contributed by atoms with Crippen molar-refractivity contribution in [3.8, 4) is 5.75 Å². The SMILES string of the molecule is Cc1cc(OCc2ccccc2)c(C2O[C@H](COCc3ccccc3)[C@H](OCc3ccccc3)[C@H](OCc3ccccc3)[C@H]2OCc2ccccc2)c(=O)o1. The minimum absolute atomic E-state index is 0.152. The standard InChI is InChI=1S/C47H46O8/c1-34-27-40(50-29-36-19-9-3-10-20-36)42(47(48)54-34)44-46(53-32-39-25-15-6-16-26-39)45(52-31-38-23-13-5-14-24-38)43(51-30-37-21-11-4-12-22-37)41(55-44)33-49-28-35-17-7-2-8-18-35/h2-27,41,43-46H,28-33H2,1H3/t41-,43+,44?,45+,46+/m1/s1. The Balaban J connectivity index is 1.29. The average molecular weight is 739 g/mol. The fourth-order valence-corrected chi connectivity index (χ4v) is 6.73. The molecule has 1 aliphatic rings. The molecule has 1 saturated heterocycles. The van der Waals surface area contributed by atoms with Gasteiger partial charge in [-0.3, -0.25) is 0 Å². The second-order valence-corrected chi connectivity index (χ2v) is 13.6. The normalized spacial score (nSPS) is 19.5. The second kappa shape index (κ2) is 19.3. The van der Waals surface area contributed by atoms with Gasteiger partial charge in [0.25, 0.3) is 0 Å². The summed E-state index contributed by atoms with van der Waals surface area (Å²) in [6, 6.07) is 51.3. The van der Waals surface area contributed by atoms with Gasteiger partial charge in [0.15, 0.2) is 0 Å². The molecule has 2 heterocycles. The molecule has 5 aromatic carbocycles. The van der Waals surface area contributed by atoms with E-state index in [4.69, 9.17) is 32.8 Å². The Bertz CT molecular complexity index is 2070. The van der Waals surface area contributed by atoms with E-state index in [0.29, 0.717) is 24.7 Å². The molecule has 8 nitrogen and oxygen atoms in total. The van der Waals surface area contributed by atoms with Gasteiger partial charge < -0.3 is 32.8 Å². The number of hydrogen-bond acceptors (Lipinski definition) is 8. The fourth-order valence-electron chi connectivity index (χ4n) is 6.73. The third-order valence-electron chi connectivity index (χ3n) is 9.48. The minimum atomic E-state index is -0.978. The smallest absolute Gasteiger partial charge is 0.345 e. The first kappa shape index (κ1) is 37.9. The Hall–Kier alpha value is -5.35. The fraction of sp³-hybridized carbons (Fsp3) is 0.255. The van der Waals surface area contributed by atoms with Crippen LogP contribution in [-0.2, 0) is 56.7 Å². The molecule has 5 atom stereocenters. The molecule has 1 aliphatic heterocycles. The van der Waals surface area contributed by atoms with Gasteiger partial charge in [0, 0.05) is 6.07 Å². The lowest BCUT2D eigenvalue weighted by Crippen LogP contribution is -2.58. The minimum Gasteiger partial charge on any atom is -0.488 e. The van der Waals surface area contributed by atoms with Gasteiger partial charge in [-0.2, -0.15) is 0 Å². The Morgan fingerprint density at radius 1 is 0.509 bits per heavy atom. The summed E-state index contributed by atoms with van der Waals surface area (Å²) in [5.74, 6) is 0.767. The van der Waals surface area contributed by atoms with Gasteiger partial charge in [0.05, 0.1) is 33.0 Å². The van der Waals surface area contributed by atoms with Crippen molar-refractivity contribution in [2.75, 3.05) is 6.61 Å². The Morgan fingerprint density at radius 2 is 0.927 bits per heavy atom. The predicted molar refractivity (Wildman–Crippen MR) is 209 cm³/mol. The first-order valence-electron chi connectivity index (χ1n) is 18.7. The van der Waals surface area contributed by atoms with Crippen LogP contribution in [0.2, 0.25) is 0 Å². The maximum Gasteiger partial charge on any atom is 0.345 e. The molecule has 0 spiro atoms. The van der Waals surface area contributed by atoms with Gasteiger partial charge >= 0.3 is 5.63 Å². The monoisotopic (exact) mass is 738 g/mol. The van der Waals surface area contributed by atoms with Crippen molar-refractivity contribution in [2.24, 2.45) is 0 Å². The first-order valence-corrected chi connectivity index (χ1v) is 18.7. The zero-order chi connectivity index (χ0) is 37.7. The summed E-state index contributed by atoms with van der Waals surface area (Å²) in [7, 11) is 0. The molecule has 1 unspecified atom stereocenters. The van der Waals surface area contributed by atoms with E-state index in [9.17, 15) is 4.79 Å². The number of aryl methyl sites for hydroxylation is 1. The molecule has 1 fully saturated rings. The Kier molecular flexibility index (Phi) is 13.3. The number of rotatable bonds is 17. The summed E-state index contributed by atoms with van der Waals surface area (Å²) in [6.45, 7) is 3.27. The molecule has 7 rings (SSSR count). The predicted octanol–water partition coefficient (Wildman–Crippen LogP) is 8.94. The molecule has 0 saturated carbocycles. The Labute approximate surface area is 322 Å². The van der Waals surface area contributed by atoms with E-state index in [1.807, 2.05) is 152 Å². The summed E-state index contributed by atoms with van der Waals surface area (Å²) >= 11 is 0. The summed E-state index contributed by atoms with van der Waals surface area (Å²) in [5.41, 5.74) is 4.54. The van der Waals surface area contributed by atoms with E-state index in [1.54, 1.807) is 13.0 Å². The van der Waals surface area contributed by atoms with Crippen LogP contribution < -0.4 is 10.4 Å². The molecule has 0 radical (unpaired) electrons. The number of hydrogen-bond donors (Lipinski definition) is 0. The van der Waals surface area contributed by atoms with E-state index < -0.39 is 36.1 Å². The maximum absolute atomic E-state index is 14.1. The van der Waals surface area contributed by atoms with Gasteiger partial charge in [-0.15, -0.1) is 0 Å². The van der Waals surface area contributed by atoms with Gasteiger partial charge in [-0.1, -0.05) is 152 Å². The molecule has 0 aliphatic carbocycles. The van der Waals surface area contributed by atoms with Gasteiger partial charge in [-0.25, -0.2) is 4.79 Å². The average Bonchev–Trinajstić information content (AvgIpc) is 3.23. The highest BCUT2D eigenvalue weighted by atomic mass is 16.6. The molecule has 1 aromatic heterocycles. The van der Waals surface area contributed by atoms with Crippen molar-refractivity contribution in [3.05, 3.63) is 207 Å². The molecule has 0 bridgehead atoms. The quantitative estimate of drug-likeness (QED) is 0.0918. The second-order valence-electron chi connectivity index (χ2n) is 13.6. The van der Waals surface area contributed by atoms with Crippen molar-refractivity contribution >= 4 is 0 Å². The van der Waals surface area contributed by atoms with Crippen LogP contribution in [0.1, 0.15) is 45.2 Å². The lowest BCUT2D eigenvalue weighted by Gasteiger charge is -2.46. The molecule has 0 amide bonds. The van der Waals surface area contributed by atoms with Gasteiger partial charge in [0.1, 0.15) is 54.2 Å². The van der Waals surface area contributed by atoms with E-state index in [0.717, 1.165) is 27.8 Å². The van der Waals surface area contributed by atoms with Crippen molar-refractivity contribution < 1.29 is 32.8 Å². The zero-order valence-corrected chi connectivity index (χ0v) is 30.9. The highest BCUT2D eigenvalue weighted by molar-refractivity contribution is 5.35. The van der Waals surface area contributed by atoms with Crippen LogP contribution in [0.15, 0.2) is 167 Å². The van der Waals surface area contributed by atoms with Crippen LogP contribution in [0.25, 0.3) is 0 Å². The van der Waals surface area contributed by atoms with Crippen LogP contribution >= 0.6 is 0 Å². The van der Waals surface area contributed by atoms with Gasteiger partial charge in [0.2, 0.25) is 0 Å². The maximum atomic E-state index is 14.1. The van der Waals surface area contributed by atoms with Crippen LogP contribution in [0.3, 0.4) is 0 Å². The Morgan fingerprint density at radius 3 is 1.42 bits per heavy atom. The van der Waals surface area contributed by atoms with E-state index in [2.05, 4.69) is 0 Å². The molecule has 6 aromatic rings. The molecular formula is C47H46O8. The third-order valence-corrected chi connectivity index (χ3v) is 9.48. The third kappa shape index (κ3) is 10.5. The molecule has 0 N–H and O–H groups in total. The van der Waals surface area contributed by atoms with E-state index >= 15 is 0 Å². The molecule has 282 valence electrons. The van der Waals surface area contributed by atoms with Gasteiger partial charge in [-0.05, 0) is 34.7 Å². The van der Waals surface area contributed by atoms with Crippen LogP contribution in [0, 0.1) is 6.92 Å². The molecule has 8 heteroatoms. The van der Waals surface area contributed by atoms with Crippen molar-refractivity contribution in [1.29, 1.82) is 0 Å². The first-order chi connectivity index (χ1) is 27.1. The summed E-state index contributed by atoms with van der Waals surface area (Å²) < 4.78 is 46.1. The number of ether oxygens (including phenoxy) is 6. The van der Waals surface area contributed by atoms with E-state index in [1.165, 1.54) is 0 Å². The lowest BCUT2D eigenvalue weighted by molar-refractivity contribution is -0.275. The number of benzene rings is 5. The summed E-state index contributed by atoms with van der Waals surface area (Å²) in [4.78, 5) is 14.1. The van der Waals surface area contributed by atoms with Crippen molar-refractivity contribution in [1.82, 2.24) is 0 Å². The summed E-state index contributed by atoms with van der Waals surface area (Å²) in [6.07, 6.45) is -3.88. The van der Waals surface area contributed by atoms with Crippen LogP contribution in [-0.4, -0.2) is 31.0 Å². The van der Waals surface area contributed by atoms with Crippen LogP contribution in [0.4, 0.5) is 0 Å². The summed E-state index contributed by atoms with van der Waals surface area (Å²) in [5, 5.41) is 0. The largest absolute Gasteiger partial charge is 0.488 e. The molecule has 55 heavy (non-hydrogen) atoms. The van der Waals surface area contributed by atoms with E-state index in [-0.39, 0.29) is 32.0 Å². The topological polar surface area (TPSA) is 85.6 Å². The van der Waals surface area contributed by atoms with Crippen LogP contribution in [0.5, 0.6) is 5.75 Å².